The van der Waals surface area contributed by atoms with E-state index in [0.29, 0.717) is 17.3 Å². The summed E-state index contributed by atoms with van der Waals surface area (Å²) in [5, 5.41) is 5.13. The third kappa shape index (κ3) is 6.36. The number of fused-ring (bicyclic) bond motifs is 1. The maximum atomic E-state index is 13.6. The van der Waals surface area contributed by atoms with Crippen LogP contribution in [0.3, 0.4) is 0 Å². The van der Waals surface area contributed by atoms with Crippen molar-refractivity contribution in [3.05, 3.63) is 47.0 Å². The van der Waals surface area contributed by atoms with E-state index < -0.39 is 57.5 Å². The van der Waals surface area contributed by atoms with Gasteiger partial charge in [0, 0.05) is 24.2 Å². The summed E-state index contributed by atoms with van der Waals surface area (Å²) in [6.07, 6.45) is -6.32. The molecule has 1 heterocycles. The average Bonchev–Trinajstić information content (AvgIpc) is 2.89. The number of alkyl halides is 3. The number of sulfonamides is 1. The van der Waals surface area contributed by atoms with Crippen LogP contribution in [0.4, 0.5) is 28.4 Å². The number of hydrogen-bond acceptors (Lipinski definition) is 8. The van der Waals surface area contributed by atoms with E-state index in [0.717, 1.165) is 24.1 Å². The molecule has 220 valence electrons. The van der Waals surface area contributed by atoms with Crippen molar-refractivity contribution >= 4 is 27.9 Å². The number of ether oxygens (including phenoxy) is 4. The first-order chi connectivity index (χ1) is 18.7. The molecule has 2 aromatic rings. The van der Waals surface area contributed by atoms with E-state index in [1.165, 1.54) is 25.2 Å². The Labute approximate surface area is 229 Å². The molecular weight excluding hydrogens is 559 g/mol. The average molecular weight is 590 g/mol. The lowest BCUT2D eigenvalue weighted by molar-refractivity contribution is -0.137. The molecule has 15 heteroatoms. The third-order valence-corrected chi connectivity index (χ3v) is 7.27. The monoisotopic (exact) mass is 589 g/mol. The quantitative estimate of drug-likeness (QED) is 0.501. The zero-order valence-electron chi connectivity index (χ0n) is 22.4. The SMILES string of the molecule is CCOC(=O)N1c2cc(OC)c(OC)cc2[C@@H](N(Cc2cc(C(F)(F)F)cc(S(N)(=O)=O)c2)C(=O)OC)C[C@H]1C. The van der Waals surface area contributed by atoms with Crippen molar-refractivity contribution in [1.29, 1.82) is 0 Å². The first kappa shape index (κ1) is 30.8. The van der Waals surface area contributed by atoms with Gasteiger partial charge in [-0.3, -0.25) is 9.80 Å². The zero-order valence-corrected chi connectivity index (χ0v) is 23.3. The molecule has 3 rings (SSSR count). The van der Waals surface area contributed by atoms with Gasteiger partial charge in [0.05, 0.1) is 50.1 Å². The maximum absolute atomic E-state index is 13.6. The van der Waals surface area contributed by atoms with Gasteiger partial charge in [0.2, 0.25) is 10.0 Å². The molecule has 0 aromatic heterocycles. The molecular formula is C25H30F3N3O8S. The van der Waals surface area contributed by atoms with Crippen LogP contribution in [0.25, 0.3) is 0 Å². The number of anilines is 1. The van der Waals surface area contributed by atoms with Crippen molar-refractivity contribution in [3.8, 4) is 11.5 Å². The number of methoxy groups -OCH3 is 3. The molecule has 2 N–H and O–H groups in total. The van der Waals surface area contributed by atoms with E-state index >= 15 is 0 Å². The lowest BCUT2D eigenvalue weighted by Crippen LogP contribution is -2.47. The van der Waals surface area contributed by atoms with Crippen LogP contribution in [0, 0.1) is 0 Å². The molecule has 2 amide bonds. The lowest BCUT2D eigenvalue weighted by Gasteiger charge is -2.42. The minimum Gasteiger partial charge on any atom is -0.493 e. The van der Waals surface area contributed by atoms with Crippen LogP contribution in [0.5, 0.6) is 11.5 Å². The smallest absolute Gasteiger partial charge is 0.416 e. The van der Waals surface area contributed by atoms with Crippen molar-refractivity contribution in [1.82, 2.24) is 4.90 Å². The second-order valence-electron chi connectivity index (χ2n) is 8.94. The second-order valence-corrected chi connectivity index (χ2v) is 10.5. The van der Waals surface area contributed by atoms with Crippen LogP contribution in [-0.2, 0) is 32.2 Å². The number of carbonyl (C=O) groups is 2. The van der Waals surface area contributed by atoms with Crippen LogP contribution in [-0.4, -0.2) is 59.5 Å². The number of halogens is 3. The van der Waals surface area contributed by atoms with E-state index in [1.54, 1.807) is 19.9 Å². The summed E-state index contributed by atoms with van der Waals surface area (Å²) in [6, 6.07) is 3.80. The van der Waals surface area contributed by atoms with Gasteiger partial charge in [0.25, 0.3) is 0 Å². The van der Waals surface area contributed by atoms with Gasteiger partial charge in [-0.2, -0.15) is 13.2 Å². The molecule has 2 aromatic carbocycles. The lowest BCUT2D eigenvalue weighted by atomic mass is 9.90. The van der Waals surface area contributed by atoms with Crippen LogP contribution in [0.2, 0.25) is 0 Å². The van der Waals surface area contributed by atoms with Gasteiger partial charge in [-0.05, 0) is 50.1 Å². The van der Waals surface area contributed by atoms with Crippen molar-refractivity contribution in [2.24, 2.45) is 5.14 Å². The summed E-state index contributed by atoms with van der Waals surface area (Å²) in [5.74, 6) is 0.550. The molecule has 0 radical (unpaired) electrons. The highest BCUT2D eigenvalue weighted by Crippen LogP contribution is 2.46. The summed E-state index contributed by atoms with van der Waals surface area (Å²) >= 11 is 0. The first-order valence-corrected chi connectivity index (χ1v) is 13.5. The molecule has 2 atom stereocenters. The minimum atomic E-state index is -4.89. The number of rotatable bonds is 7. The van der Waals surface area contributed by atoms with Gasteiger partial charge < -0.3 is 18.9 Å². The van der Waals surface area contributed by atoms with E-state index in [9.17, 15) is 31.2 Å². The summed E-state index contributed by atoms with van der Waals surface area (Å²) < 4.78 is 85.8. The van der Waals surface area contributed by atoms with Crippen molar-refractivity contribution in [2.45, 2.75) is 50.0 Å². The number of primary sulfonamides is 1. The first-order valence-electron chi connectivity index (χ1n) is 12.0. The van der Waals surface area contributed by atoms with Gasteiger partial charge >= 0.3 is 18.4 Å². The summed E-state index contributed by atoms with van der Waals surface area (Å²) in [7, 11) is -0.618. The number of hydrogen-bond donors (Lipinski definition) is 1. The number of benzene rings is 2. The Hall–Kier alpha value is -3.72. The Bertz CT molecular complexity index is 1380. The van der Waals surface area contributed by atoms with E-state index in [2.05, 4.69) is 0 Å². The van der Waals surface area contributed by atoms with E-state index in [-0.39, 0.29) is 30.1 Å². The van der Waals surface area contributed by atoms with Crippen molar-refractivity contribution < 1.29 is 50.1 Å². The summed E-state index contributed by atoms with van der Waals surface area (Å²) in [5.41, 5.74) is -0.696. The van der Waals surface area contributed by atoms with Crippen LogP contribution in [0.15, 0.2) is 35.2 Å². The molecule has 0 spiro atoms. The molecule has 0 unspecified atom stereocenters. The fourth-order valence-electron chi connectivity index (χ4n) is 4.61. The third-order valence-electron chi connectivity index (χ3n) is 6.38. The number of nitrogens with zero attached hydrogens (tertiary/aromatic N) is 2. The molecule has 0 fully saturated rings. The van der Waals surface area contributed by atoms with Gasteiger partial charge in [0.1, 0.15) is 0 Å². The van der Waals surface area contributed by atoms with Crippen molar-refractivity contribution in [3.63, 3.8) is 0 Å². The molecule has 11 nitrogen and oxygen atoms in total. The number of nitrogens with two attached hydrogens (primary N) is 1. The topological polar surface area (TPSA) is 138 Å². The van der Waals surface area contributed by atoms with Crippen LogP contribution in [0.1, 0.15) is 43.0 Å². The predicted octanol–water partition coefficient (Wildman–Crippen LogP) is 4.43. The normalized spacial score (nSPS) is 17.1. The number of carbonyl (C=O) groups excluding carboxylic acids is 2. The van der Waals surface area contributed by atoms with Crippen molar-refractivity contribution in [2.75, 3.05) is 32.8 Å². The van der Waals surface area contributed by atoms with Gasteiger partial charge in [-0.15, -0.1) is 0 Å². The Balaban J connectivity index is 2.22. The van der Waals surface area contributed by atoms with E-state index in [1.807, 2.05) is 0 Å². The Morgan fingerprint density at radius 2 is 1.70 bits per heavy atom. The maximum Gasteiger partial charge on any atom is 0.416 e. The largest absolute Gasteiger partial charge is 0.493 e. The van der Waals surface area contributed by atoms with Gasteiger partial charge in [-0.25, -0.2) is 23.1 Å². The highest BCUT2D eigenvalue weighted by Gasteiger charge is 2.41. The second kappa shape index (κ2) is 11.8. The highest BCUT2D eigenvalue weighted by atomic mass is 32.2. The summed E-state index contributed by atoms with van der Waals surface area (Å²) in [6.45, 7) is 2.98. The summed E-state index contributed by atoms with van der Waals surface area (Å²) in [4.78, 5) is 27.7. The van der Waals surface area contributed by atoms with Gasteiger partial charge in [-0.1, -0.05) is 0 Å². The molecule has 0 saturated heterocycles. The Kier molecular flexibility index (Phi) is 9.09. The Morgan fingerprint density at radius 1 is 1.07 bits per heavy atom. The molecule has 0 bridgehead atoms. The van der Waals surface area contributed by atoms with Gasteiger partial charge in [0.15, 0.2) is 11.5 Å². The molecule has 40 heavy (non-hydrogen) atoms. The predicted molar refractivity (Wildman–Crippen MR) is 137 cm³/mol. The fourth-order valence-corrected chi connectivity index (χ4v) is 5.22. The standard InChI is InChI=1S/C25H30F3N3O8S/c1-6-39-24(33)31-14(2)7-19(18-11-21(36-3)22(37-4)12-20(18)31)30(23(32)38-5)13-15-8-16(25(26,27)28)10-17(9-15)40(29,34)35/h8-12,14,19H,6-7,13H2,1-5H3,(H2,29,34,35)/t14-,19+/m1/s1. The number of amides is 2. The highest BCUT2D eigenvalue weighted by molar-refractivity contribution is 7.89. The fraction of sp³-hybridized carbons (Fsp3) is 0.440. The Morgan fingerprint density at radius 3 is 2.23 bits per heavy atom. The molecule has 1 aliphatic heterocycles. The molecule has 0 aliphatic carbocycles. The minimum absolute atomic E-state index is 0.102. The molecule has 1 aliphatic rings. The zero-order chi connectivity index (χ0) is 30.0. The van der Waals surface area contributed by atoms with Crippen LogP contribution >= 0.6 is 0 Å². The van der Waals surface area contributed by atoms with E-state index in [4.69, 9.17) is 24.1 Å². The van der Waals surface area contributed by atoms with Crippen LogP contribution < -0.4 is 19.5 Å². The molecule has 0 saturated carbocycles.